The number of ether oxygens (including phenoxy) is 1. The van der Waals surface area contributed by atoms with E-state index in [9.17, 15) is 9.59 Å². The third-order valence-electron chi connectivity index (χ3n) is 5.65. The molecule has 4 heterocycles. The predicted molar refractivity (Wildman–Crippen MR) is 121 cm³/mol. The number of piperazine rings is 1. The summed E-state index contributed by atoms with van der Waals surface area (Å²) in [5.41, 5.74) is 3.36. The van der Waals surface area contributed by atoms with Crippen LogP contribution in [0.2, 0.25) is 5.02 Å². The fourth-order valence-corrected chi connectivity index (χ4v) is 5.47. The van der Waals surface area contributed by atoms with Crippen LogP contribution in [0, 0.1) is 0 Å². The van der Waals surface area contributed by atoms with E-state index in [1.807, 2.05) is 23.1 Å². The molecule has 0 saturated carbocycles. The lowest BCUT2D eigenvalue weighted by molar-refractivity contribution is -0.138. The fourth-order valence-electron chi connectivity index (χ4n) is 4.14. The van der Waals surface area contributed by atoms with Crippen LogP contribution in [0.15, 0.2) is 30.5 Å². The first kappa shape index (κ1) is 20.2. The van der Waals surface area contributed by atoms with Gasteiger partial charge in [-0.3, -0.25) is 14.6 Å². The Morgan fingerprint density at radius 1 is 1.26 bits per heavy atom. The highest BCUT2D eigenvalue weighted by Crippen LogP contribution is 2.44. The van der Waals surface area contributed by atoms with Gasteiger partial charge >= 0.3 is 0 Å². The summed E-state index contributed by atoms with van der Waals surface area (Å²) in [5, 5.41) is 6.50. The number of hydrogen-bond acceptors (Lipinski definition) is 6. The van der Waals surface area contributed by atoms with E-state index in [2.05, 4.69) is 15.6 Å². The molecule has 5 rings (SSSR count). The van der Waals surface area contributed by atoms with E-state index in [1.54, 1.807) is 19.3 Å². The van der Waals surface area contributed by atoms with E-state index in [0.29, 0.717) is 35.2 Å². The maximum Gasteiger partial charge on any atom is 0.264 e. The molecule has 2 aromatic heterocycles. The molecule has 1 aromatic carbocycles. The topological polar surface area (TPSA) is 83.6 Å². The lowest BCUT2D eigenvalue weighted by Gasteiger charge is -2.29. The lowest BCUT2D eigenvalue weighted by Crippen LogP contribution is -2.50. The second kappa shape index (κ2) is 8.11. The molecule has 160 valence electrons. The van der Waals surface area contributed by atoms with Gasteiger partial charge in [-0.2, -0.15) is 0 Å². The van der Waals surface area contributed by atoms with Crippen molar-refractivity contribution < 1.29 is 14.3 Å². The SMILES string of the molecule is CNC(=O)c1cc2nccc(-c3cc(Cl)cc4c3OC(C(=O)N3CCNCC3)C4)c2s1. The number of carbonyl (C=O) groups excluding carboxylic acids is 2. The van der Waals surface area contributed by atoms with Crippen molar-refractivity contribution in [3.05, 3.63) is 45.9 Å². The first-order valence-corrected chi connectivity index (χ1v) is 11.3. The van der Waals surface area contributed by atoms with Crippen LogP contribution >= 0.6 is 22.9 Å². The lowest BCUT2D eigenvalue weighted by atomic mass is 10.0. The highest BCUT2D eigenvalue weighted by molar-refractivity contribution is 7.21. The van der Waals surface area contributed by atoms with Gasteiger partial charge in [0, 0.05) is 67.6 Å². The molecule has 3 aromatic rings. The van der Waals surface area contributed by atoms with E-state index in [-0.39, 0.29) is 11.8 Å². The van der Waals surface area contributed by atoms with Crippen LogP contribution < -0.4 is 15.4 Å². The molecule has 31 heavy (non-hydrogen) atoms. The van der Waals surface area contributed by atoms with Gasteiger partial charge in [-0.1, -0.05) is 11.6 Å². The van der Waals surface area contributed by atoms with Crippen molar-refractivity contribution in [2.24, 2.45) is 0 Å². The van der Waals surface area contributed by atoms with Gasteiger partial charge in [0.2, 0.25) is 0 Å². The minimum Gasteiger partial charge on any atom is -0.479 e. The molecule has 1 fully saturated rings. The van der Waals surface area contributed by atoms with E-state index in [0.717, 1.165) is 40.0 Å². The summed E-state index contributed by atoms with van der Waals surface area (Å²) in [6.45, 7) is 2.96. The van der Waals surface area contributed by atoms with Gasteiger partial charge in [-0.25, -0.2) is 0 Å². The Kier molecular flexibility index (Phi) is 5.29. The van der Waals surface area contributed by atoms with Crippen LogP contribution in [-0.4, -0.2) is 61.0 Å². The molecule has 2 aliphatic rings. The zero-order chi connectivity index (χ0) is 21.5. The van der Waals surface area contributed by atoms with Gasteiger partial charge in [0.05, 0.1) is 15.1 Å². The van der Waals surface area contributed by atoms with E-state index in [4.69, 9.17) is 16.3 Å². The van der Waals surface area contributed by atoms with Crippen molar-refractivity contribution in [1.82, 2.24) is 20.5 Å². The first-order chi connectivity index (χ1) is 15.0. The molecule has 0 bridgehead atoms. The van der Waals surface area contributed by atoms with Gasteiger partial charge in [0.25, 0.3) is 11.8 Å². The largest absolute Gasteiger partial charge is 0.479 e. The summed E-state index contributed by atoms with van der Waals surface area (Å²) in [6, 6.07) is 7.40. The quantitative estimate of drug-likeness (QED) is 0.633. The highest BCUT2D eigenvalue weighted by atomic mass is 35.5. The van der Waals surface area contributed by atoms with Crippen LogP contribution in [-0.2, 0) is 11.2 Å². The number of pyridine rings is 1. The van der Waals surface area contributed by atoms with E-state index >= 15 is 0 Å². The number of nitrogens with one attached hydrogen (secondary N) is 2. The minimum atomic E-state index is -0.549. The Morgan fingerprint density at radius 3 is 2.84 bits per heavy atom. The molecular formula is C22H21ClN4O3S. The number of aromatic nitrogens is 1. The van der Waals surface area contributed by atoms with Crippen molar-refractivity contribution in [1.29, 1.82) is 0 Å². The number of benzene rings is 1. The van der Waals surface area contributed by atoms with Gasteiger partial charge < -0.3 is 20.3 Å². The molecule has 2 amide bonds. The van der Waals surface area contributed by atoms with Gasteiger partial charge in [0.1, 0.15) is 5.75 Å². The molecule has 1 unspecified atom stereocenters. The Balaban J connectivity index is 1.54. The molecule has 0 aliphatic carbocycles. The minimum absolute atomic E-state index is 0.0117. The van der Waals surface area contributed by atoms with Crippen molar-refractivity contribution >= 4 is 45.0 Å². The van der Waals surface area contributed by atoms with Crippen molar-refractivity contribution in [2.75, 3.05) is 33.2 Å². The molecular weight excluding hydrogens is 436 g/mol. The molecule has 0 radical (unpaired) electrons. The summed E-state index contributed by atoms with van der Waals surface area (Å²) in [5.74, 6) is 0.543. The molecule has 1 atom stereocenters. The Hall–Kier alpha value is -2.68. The maximum absolute atomic E-state index is 13.0. The molecule has 0 spiro atoms. The Labute approximate surface area is 188 Å². The van der Waals surface area contributed by atoms with Gasteiger partial charge in [0.15, 0.2) is 6.10 Å². The standard InChI is InChI=1S/C22H21ClN4O3S/c1-24-21(28)18-11-16-20(31-18)14(2-3-26-16)15-10-13(23)8-12-9-17(30-19(12)15)22(29)27-6-4-25-5-7-27/h2-3,8,10-11,17,25H,4-7,9H2,1H3,(H,24,28). The molecule has 9 heteroatoms. The maximum atomic E-state index is 13.0. The van der Waals surface area contributed by atoms with Crippen LogP contribution in [0.5, 0.6) is 5.75 Å². The van der Waals surface area contributed by atoms with E-state index < -0.39 is 6.10 Å². The van der Waals surface area contributed by atoms with Gasteiger partial charge in [-0.05, 0) is 24.3 Å². The Morgan fingerprint density at radius 2 is 2.06 bits per heavy atom. The van der Waals surface area contributed by atoms with Crippen molar-refractivity contribution in [3.63, 3.8) is 0 Å². The molecule has 1 saturated heterocycles. The smallest absolute Gasteiger partial charge is 0.264 e. The summed E-state index contributed by atoms with van der Waals surface area (Å²) in [4.78, 5) is 32.0. The second-order valence-corrected chi connectivity index (χ2v) is 9.08. The summed E-state index contributed by atoms with van der Waals surface area (Å²) in [7, 11) is 1.61. The first-order valence-electron chi connectivity index (χ1n) is 10.1. The second-order valence-electron chi connectivity index (χ2n) is 7.59. The van der Waals surface area contributed by atoms with Crippen LogP contribution in [0.25, 0.3) is 21.3 Å². The van der Waals surface area contributed by atoms with E-state index in [1.165, 1.54) is 11.3 Å². The number of carbonyl (C=O) groups is 2. The third-order valence-corrected chi connectivity index (χ3v) is 7.03. The normalized spacial score (nSPS) is 18.0. The fraction of sp³-hybridized carbons (Fsp3) is 0.318. The number of amides is 2. The van der Waals surface area contributed by atoms with Crippen molar-refractivity contribution in [3.8, 4) is 16.9 Å². The summed E-state index contributed by atoms with van der Waals surface area (Å²) < 4.78 is 7.10. The van der Waals surface area contributed by atoms with Crippen LogP contribution in [0.3, 0.4) is 0 Å². The van der Waals surface area contributed by atoms with Gasteiger partial charge in [-0.15, -0.1) is 11.3 Å². The predicted octanol–water partition coefficient (Wildman–Crippen LogP) is 2.71. The monoisotopic (exact) mass is 456 g/mol. The number of hydrogen-bond donors (Lipinski definition) is 2. The Bertz CT molecular complexity index is 1190. The van der Waals surface area contributed by atoms with Crippen LogP contribution in [0.1, 0.15) is 15.2 Å². The number of fused-ring (bicyclic) bond motifs is 2. The number of thiophene rings is 1. The highest BCUT2D eigenvalue weighted by Gasteiger charge is 2.35. The summed E-state index contributed by atoms with van der Waals surface area (Å²) in [6.07, 6.45) is 1.66. The number of rotatable bonds is 3. The average molecular weight is 457 g/mol. The van der Waals surface area contributed by atoms with Crippen molar-refractivity contribution in [2.45, 2.75) is 12.5 Å². The molecule has 2 N–H and O–H groups in total. The number of halogens is 1. The molecule has 2 aliphatic heterocycles. The third kappa shape index (κ3) is 3.64. The number of nitrogens with zero attached hydrogens (tertiary/aromatic N) is 2. The zero-order valence-corrected chi connectivity index (χ0v) is 18.5. The summed E-state index contributed by atoms with van der Waals surface area (Å²) >= 11 is 7.83. The van der Waals surface area contributed by atoms with Crippen LogP contribution in [0.4, 0.5) is 0 Å². The zero-order valence-electron chi connectivity index (χ0n) is 16.9. The average Bonchev–Trinajstić information content (AvgIpc) is 3.42. The molecule has 7 nitrogen and oxygen atoms in total.